The minimum absolute atomic E-state index is 0.190. The number of hydrogen-bond acceptors (Lipinski definition) is 7. The van der Waals surface area contributed by atoms with Gasteiger partial charge in [0.15, 0.2) is 9.84 Å². The second-order valence-electron chi connectivity index (χ2n) is 5.60. The van der Waals surface area contributed by atoms with Crippen molar-refractivity contribution in [1.29, 1.82) is 0 Å². The Morgan fingerprint density at radius 3 is 2.37 bits per heavy atom. The molecule has 3 rings (SSSR count). The average molecular weight is 420 g/mol. The molecule has 1 heterocycles. The van der Waals surface area contributed by atoms with Gasteiger partial charge in [-0.05, 0) is 17.7 Å². The van der Waals surface area contributed by atoms with Crippen LogP contribution in [0.25, 0.3) is 0 Å². The van der Waals surface area contributed by atoms with Gasteiger partial charge in [-0.15, -0.1) is 22.0 Å². The van der Waals surface area contributed by atoms with Crippen LogP contribution in [0.15, 0.2) is 65.6 Å². The highest BCUT2D eigenvalue weighted by Gasteiger charge is 2.18. The zero-order chi connectivity index (χ0) is 19.1. The van der Waals surface area contributed by atoms with Gasteiger partial charge in [-0.25, -0.2) is 8.42 Å². The van der Waals surface area contributed by atoms with E-state index in [0.717, 1.165) is 22.7 Å². The third kappa shape index (κ3) is 5.88. The van der Waals surface area contributed by atoms with Gasteiger partial charge in [0.1, 0.15) is 10.8 Å². The molecule has 27 heavy (non-hydrogen) atoms. The molecule has 0 unspecified atom stereocenters. The number of carbonyl (C=O) groups is 1. The summed E-state index contributed by atoms with van der Waals surface area (Å²) in [6, 6.07) is 18.1. The molecule has 1 amide bonds. The summed E-state index contributed by atoms with van der Waals surface area (Å²) in [5.41, 5.74) is 1.15. The zero-order valence-corrected chi connectivity index (χ0v) is 16.7. The molecule has 0 bridgehead atoms. The van der Waals surface area contributed by atoms with Crippen molar-refractivity contribution >= 4 is 44.0 Å². The molecule has 0 spiro atoms. The fraction of sp³-hybridized carbons (Fsp3) is 0.167. The Hall–Kier alpha value is -2.23. The number of sulfone groups is 1. The molecular formula is C18H17N3O3S3. The lowest BCUT2D eigenvalue weighted by Gasteiger charge is -2.02. The van der Waals surface area contributed by atoms with E-state index in [9.17, 15) is 13.2 Å². The minimum Gasteiger partial charge on any atom is -0.300 e. The van der Waals surface area contributed by atoms with Crippen molar-refractivity contribution < 1.29 is 13.2 Å². The number of hydrogen-bond donors (Lipinski definition) is 1. The van der Waals surface area contributed by atoms with E-state index >= 15 is 0 Å². The van der Waals surface area contributed by atoms with Crippen LogP contribution in [0.4, 0.5) is 5.13 Å². The zero-order valence-electron chi connectivity index (χ0n) is 14.2. The molecule has 0 aliphatic heterocycles. The summed E-state index contributed by atoms with van der Waals surface area (Å²) in [6.45, 7) is 0. The second-order valence-corrected chi connectivity index (χ2v) is 9.64. The lowest BCUT2D eigenvalue weighted by atomic mass is 10.2. The average Bonchev–Trinajstić information content (AvgIpc) is 3.09. The number of aromatic nitrogens is 2. The number of nitrogens with zero attached hydrogens (tertiary/aromatic N) is 2. The molecule has 2 aromatic carbocycles. The first-order chi connectivity index (χ1) is 13.0. The van der Waals surface area contributed by atoms with E-state index in [1.165, 1.54) is 11.8 Å². The van der Waals surface area contributed by atoms with Gasteiger partial charge in [-0.3, -0.25) is 10.1 Å². The third-order valence-electron chi connectivity index (χ3n) is 3.47. The van der Waals surface area contributed by atoms with Crippen molar-refractivity contribution in [2.45, 2.75) is 16.4 Å². The van der Waals surface area contributed by atoms with Crippen LogP contribution in [-0.2, 0) is 26.1 Å². The van der Waals surface area contributed by atoms with Crippen LogP contribution in [-0.4, -0.2) is 30.3 Å². The molecule has 1 aromatic heterocycles. The number of rotatable bonds is 8. The van der Waals surface area contributed by atoms with E-state index in [4.69, 9.17) is 0 Å². The van der Waals surface area contributed by atoms with Gasteiger partial charge in [-0.1, -0.05) is 59.9 Å². The molecule has 0 fully saturated rings. The lowest BCUT2D eigenvalue weighted by Crippen LogP contribution is -2.13. The Morgan fingerprint density at radius 1 is 1.00 bits per heavy atom. The Kier molecular flexibility index (Phi) is 6.59. The molecule has 0 atom stereocenters. The van der Waals surface area contributed by atoms with Crippen LogP contribution in [0.3, 0.4) is 0 Å². The van der Waals surface area contributed by atoms with Crippen molar-refractivity contribution in [3.63, 3.8) is 0 Å². The van der Waals surface area contributed by atoms with E-state index in [0.29, 0.717) is 10.1 Å². The van der Waals surface area contributed by atoms with Crippen molar-refractivity contribution in [2.75, 3.05) is 11.1 Å². The van der Waals surface area contributed by atoms with Crippen molar-refractivity contribution in [3.8, 4) is 0 Å². The third-order valence-corrected chi connectivity index (χ3v) is 7.14. The standard InChI is InChI=1S/C18H17N3O3S3/c22-16(12-25-11-14-7-3-1-4-8-14)19-18-21-20-17(26-18)13-27(23,24)15-9-5-2-6-10-15/h1-10H,11-13H2,(H,19,21,22). The van der Waals surface area contributed by atoms with Gasteiger partial charge in [-0.2, -0.15) is 0 Å². The fourth-order valence-electron chi connectivity index (χ4n) is 2.23. The van der Waals surface area contributed by atoms with Gasteiger partial charge < -0.3 is 0 Å². The lowest BCUT2D eigenvalue weighted by molar-refractivity contribution is -0.113. The van der Waals surface area contributed by atoms with E-state index in [1.54, 1.807) is 30.3 Å². The number of thioether (sulfide) groups is 1. The van der Waals surface area contributed by atoms with E-state index in [1.807, 2.05) is 30.3 Å². The molecule has 1 N–H and O–H groups in total. The molecule has 9 heteroatoms. The summed E-state index contributed by atoms with van der Waals surface area (Å²) in [5.74, 6) is 0.592. The predicted octanol–water partition coefficient (Wildman–Crippen LogP) is 3.38. The topological polar surface area (TPSA) is 89.0 Å². The first-order valence-electron chi connectivity index (χ1n) is 8.05. The van der Waals surface area contributed by atoms with Crippen molar-refractivity contribution in [1.82, 2.24) is 10.2 Å². The van der Waals surface area contributed by atoms with Crippen LogP contribution < -0.4 is 5.32 Å². The highest BCUT2D eigenvalue weighted by atomic mass is 32.2. The van der Waals surface area contributed by atoms with Gasteiger partial charge in [0.2, 0.25) is 11.0 Å². The maximum absolute atomic E-state index is 12.4. The largest absolute Gasteiger partial charge is 0.300 e. The molecular weight excluding hydrogens is 402 g/mol. The number of anilines is 1. The van der Waals surface area contributed by atoms with Crippen LogP contribution in [0.5, 0.6) is 0 Å². The maximum atomic E-state index is 12.4. The summed E-state index contributed by atoms with van der Waals surface area (Å²) in [6.07, 6.45) is 0. The fourth-order valence-corrected chi connectivity index (χ4v) is 5.39. The molecule has 3 aromatic rings. The summed E-state index contributed by atoms with van der Waals surface area (Å²) >= 11 is 2.57. The second kappa shape index (κ2) is 9.12. The van der Waals surface area contributed by atoms with E-state index < -0.39 is 9.84 Å². The molecule has 0 aliphatic rings. The minimum atomic E-state index is -3.48. The predicted molar refractivity (Wildman–Crippen MR) is 108 cm³/mol. The van der Waals surface area contributed by atoms with Gasteiger partial charge in [0.25, 0.3) is 0 Å². The summed E-state index contributed by atoms with van der Waals surface area (Å²) in [4.78, 5) is 12.2. The molecule has 0 saturated heterocycles. The van der Waals surface area contributed by atoms with Crippen LogP contribution in [0.1, 0.15) is 10.6 Å². The molecule has 0 radical (unpaired) electrons. The van der Waals surface area contributed by atoms with E-state index in [-0.39, 0.29) is 22.3 Å². The van der Waals surface area contributed by atoms with Gasteiger partial charge in [0.05, 0.1) is 10.6 Å². The van der Waals surface area contributed by atoms with Crippen LogP contribution in [0, 0.1) is 0 Å². The monoisotopic (exact) mass is 419 g/mol. The van der Waals surface area contributed by atoms with Crippen molar-refractivity contribution in [2.24, 2.45) is 0 Å². The van der Waals surface area contributed by atoms with Gasteiger partial charge in [0, 0.05) is 5.75 Å². The summed E-state index contributed by atoms with van der Waals surface area (Å²) in [5, 5.41) is 11.0. The number of amides is 1. The number of nitrogens with one attached hydrogen (secondary N) is 1. The quantitative estimate of drug-likeness (QED) is 0.602. The summed E-state index contributed by atoms with van der Waals surface area (Å²) < 4.78 is 24.7. The summed E-state index contributed by atoms with van der Waals surface area (Å²) in [7, 11) is -3.48. The molecule has 6 nitrogen and oxygen atoms in total. The number of carbonyl (C=O) groups excluding carboxylic acids is 1. The smallest absolute Gasteiger partial charge is 0.236 e. The first kappa shape index (κ1) is 19.5. The number of benzene rings is 2. The SMILES string of the molecule is O=C(CSCc1ccccc1)Nc1nnc(CS(=O)(=O)c2ccccc2)s1. The first-order valence-corrected chi connectivity index (χ1v) is 11.7. The normalized spacial score (nSPS) is 11.3. The molecule has 0 aliphatic carbocycles. The van der Waals surface area contributed by atoms with Crippen LogP contribution in [0.2, 0.25) is 0 Å². The Morgan fingerprint density at radius 2 is 1.67 bits per heavy atom. The van der Waals surface area contributed by atoms with Gasteiger partial charge >= 0.3 is 0 Å². The molecule has 0 saturated carbocycles. The highest BCUT2D eigenvalue weighted by molar-refractivity contribution is 7.99. The van der Waals surface area contributed by atoms with E-state index in [2.05, 4.69) is 15.5 Å². The van der Waals surface area contributed by atoms with Crippen molar-refractivity contribution in [3.05, 3.63) is 71.2 Å². The molecule has 140 valence electrons. The Bertz CT molecular complexity index is 990. The highest BCUT2D eigenvalue weighted by Crippen LogP contribution is 2.21. The maximum Gasteiger partial charge on any atom is 0.236 e. The Labute approximate surface area is 166 Å². The van der Waals surface area contributed by atoms with Crippen LogP contribution >= 0.6 is 23.1 Å². The Balaban J connectivity index is 1.51.